The highest BCUT2D eigenvalue weighted by atomic mass is 35.5. The lowest BCUT2D eigenvalue weighted by Crippen LogP contribution is -2.21. The van der Waals surface area contributed by atoms with Crippen molar-refractivity contribution < 1.29 is 22.7 Å². The molecule has 1 aromatic heterocycles. The van der Waals surface area contributed by atoms with Crippen LogP contribution in [-0.4, -0.2) is 15.8 Å². The van der Waals surface area contributed by atoms with Crippen molar-refractivity contribution in [2.45, 2.75) is 6.18 Å². The summed E-state index contributed by atoms with van der Waals surface area (Å²) in [5, 5.41) is 7.75. The van der Waals surface area contributed by atoms with Gasteiger partial charge in [-0.15, -0.1) is 0 Å². The molecule has 9 heteroatoms. The number of alkyl halides is 3. The van der Waals surface area contributed by atoms with Crippen LogP contribution >= 0.6 is 11.6 Å². The minimum absolute atomic E-state index is 0.324. The Kier molecular flexibility index (Phi) is 6.89. The van der Waals surface area contributed by atoms with Crippen molar-refractivity contribution >= 4 is 23.3 Å². The summed E-state index contributed by atoms with van der Waals surface area (Å²) in [7, 11) is 0. The zero-order chi connectivity index (χ0) is 26.7. The van der Waals surface area contributed by atoms with Gasteiger partial charge in [0.2, 0.25) is 0 Å². The molecule has 0 aliphatic rings. The molecule has 1 heterocycles. The van der Waals surface area contributed by atoms with Crippen LogP contribution in [0.5, 0.6) is 11.5 Å². The Balaban J connectivity index is 1.43. The van der Waals surface area contributed by atoms with E-state index in [-0.39, 0.29) is 0 Å². The van der Waals surface area contributed by atoms with Gasteiger partial charge < -0.3 is 10.1 Å². The summed E-state index contributed by atoms with van der Waals surface area (Å²) < 4.78 is 46.1. The van der Waals surface area contributed by atoms with Crippen molar-refractivity contribution in [1.29, 1.82) is 0 Å². The van der Waals surface area contributed by atoms with E-state index in [2.05, 4.69) is 10.4 Å². The second kappa shape index (κ2) is 10.4. The van der Waals surface area contributed by atoms with Gasteiger partial charge >= 0.3 is 12.2 Å². The second-order valence-electron chi connectivity index (χ2n) is 8.28. The number of nitrogens with one attached hydrogen (secondary N) is 1. The molecular weight excluding hydrogens is 515 g/mol. The Labute approximate surface area is 221 Å². The molecule has 190 valence electrons. The predicted molar refractivity (Wildman–Crippen MR) is 140 cm³/mol. The molecule has 0 fully saturated rings. The van der Waals surface area contributed by atoms with Gasteiger partial charge in [0.15, 0.2) is 0 Å². The van der Waals surface area contributed by atoms with Crippen molar-refractivity contribution in [3.05, 3.63) is 120 Å². The van der Waals surface area contributed by atoms with Crippen molar-refractivity contribution in [1.82, 2.24) is 9.78 Å². The number of halogens is 4. The molecule has 0 aliphatic carbocycles. The lowest BCUT2D eigenvalue weighted by molar-refractivity contribution is -0.137. The normalized spacial score (nSPS) is 11.3. The molecule has 0 atom stereocenters. The second-order valence-corrected chi connectivity index (χ2v) is 8.71. The Hall–Kier alpha value is -4.56. The Bertz CT molecular complexity index is 1550. The third-order valence-electron chi connectivity index (χ3n) is 5.63. The van der Waals surface area contributed by atoms with Crippen LogP contribution in [-0.2, 0) is 6.18 Å². The van der Waals surface area contributed by atoms with Crippen LogP contribution in [0.1, 0.15) is 5.56 Å². The third kappa shape index (κ3) is 5.71. The summed E-state index contributed by atoms with van der Waals surface area (Å²) in [4.78, 5) is 13.3. The van der Waals surface area contributed by atoms with Crippen LogP contribution < -0.4 is 10.1 Å². The number of amides is 1. The molecule has 5 aromatic rings. The molecule has 0 saturated heterocycles. The highest BCUT2D eigenvalue weighted by Crippen LogP contribution is 2.33. The quantitative estimate of drug-likeness (QED) is 0.246. The van der Waals surface area contributed by atoms with Crippen molar-refractivity contribution in [2.24, 2.45) is 0 Å². The highest BCUT2D eigenvalue weighted by molar-refractivity contribution is 6.30. The van der Waals surface area contributed by atoms with E-state index in [1.165, 1.54) is 12.1 Å². The molecule has 0 aliphatic heterocycles. The summed E-state index contributed by atoms with van der Waals surface area (Å²) in [6.07, 6.45) is -4.47. The predicted octanol–water partition coefficient (Wildman–Crippen LogP) is 8.76. The molecule has 1 N–H and O–H groups in total. The Morgan fingerprint density at radius 2 is 1.39 bits per heavy atom. The molecule has 4 aromatic carbocycles. The van der Waals surface area contributed by atoms with Gasteiger partial charge in [-0.05, 0) is 66.7 Å². The minimum Gasteiger partial charge on any atom is -0.457 e. The van der Waals surface area contributed by atoms with Crippen molar-refractivity contribution in [3.8, 4) is 34.0 Å². The van der Waals surface area contributed by atoms with Crippen LogP contribution in [0.2, 0.25) is 5.02 Å². The summed E-state index contributed by atoms with van der Waals surface area (Å²) in [5.41, 5.74) is 1.57. The van der Waals surface area contributed by atoms with E-state index < -0.39 is 17.8 Å². The summed E-state index contributed by atoms with van der Waals surface area (Å²) in [5.74, 6) is 1.26. The molecule has 5 rings (SSSR count). The third-order valence-corrected chi connectivity index (χ3v) is 5.89. The smallest absolute Gasteiger partial charge is 0.416 e. The van der Waals surface area contributed by atoms with Gasteiger partial charge in [0, 0.05) is 21.8 Å². The SMILES string of the molecule is O=C(Nc1ccc(Oc2ccccc2)cc1)n1nc(-c2ccc(Cl)cc2)cc1-c1ccc(C(F)(F)F)cc1. The molecule has 0 saturated carbocycles. The lowest BCUT2D eigenvalue weighted by Gasteiger charge is -2.11. The van der Waals surface area contributed by atoms with Crippen molar-refractivity contribution in [2.75, 3.05) is 5.32 Å². The number of rotatable bonds is 5. The lowest BCUT2D eigenvalue weighted by atomic mass is 10.1. The monoisotopic (exact) mass is 533 g/mol. The number of ether oxygens (including phenoxy) is 1. The number of carbonyl (C=O) groups excluding carboxylic acids is 1. The molecule has 0 spiro atoms. The fraction of sp³-hybridized carbons (Fsp3) is 0.0345. The molecule has 0 unspecified atom stereocenters. The largest absolute Gasteiger partial charge is 0.457 e. The van der Waals surface area contributed by atoms with E-state index in [0.717, 1.165) is 16.8 Å². The number of anilines is 1. The number of benzene rings is 4. The molecule has 0 bridgehead atoms. The number of para-hydroxylation sites is 1. The zero-order valence-corrected chi connectivity index (χ0v) is 20.4. The maximum atomic E-state index is 13.3. The molecule has 0 radical (unpaired) electrons. The number of hydrogen-bond acceptors (Lipinski definition) is 3. The fourth-order valence-corrected chi connectivity index (χ4v) is 3.87. The first kappa shape index (κ1) is 25.1. The highest BCUT2D eigenvalue weighted by Gasteiger charge is 2.30. The van der Waals surface area contributed by atoms with Crippen LogP contribution in [0.25, 0.3) is 22.5 Å². The topological polar surface area (TPSA) is 56.1 Å². The molecule has 5 nitrogen and oxygen atoms in total. The summed E-state index contributed by atoms with van der Waals surface area (Å²) >= 11 is 5.99. The summed E-state index contributed by atoms with van der Waals surface area (Å²) in [6, 6.07) is 28.5. The van der Waals surface area contributed by atoms with Crippen LogP contribution in [0, 0.1) is 0 Å². The van der Waals surface area contributed by atoms with Gasteiger partial charge in [0.05, 0.1) is 17.0 Å². The van der Waals surface area contributed by atoms with E-state index in [9.17, 15) is 18.0 Å². The average molecular weight is 534 g/mol. The van der Waals surface area contributed by atoms with Gasteiger partial charge in [0.25, 0.3) is 0 Å². The molecule has 1 amide bonds. The standard InChI is InChI=1S/C29H19ClF3N3O2/c30-22-12-8-19(9-13-22)26-18-27(20-6-10-21(11-7-20)29(31,32)33)36(35-26)28(37)34-23-14-16-25(17-15-23)38-24-4-2-1-3-5-24/h1-18H,(H,34,37). The Morgan fingerprint density at radius 1 is 0.789 bits per heavy atom. The first-order chi connectivity index (χ1) is 18.3. The first-order valence-corrected chi connectivity index (χ1v) is 11.8. The maximum Gasteiger partial charge on any atom is 0.416 e. The van der Waals surface area contributed by atoms with E-state index in [1.807, 2.05) is 30.3 Å². The average Bonchev–Trinajstić information content (AvgIpc) is 3.36. The number of nitrogens with zero attached hydrogens (tertiary/aromatic N) is 2. The first-order valence-electron chi connectivity index (χ1n) is 11.4. The van der Waals surface area contributed by atoms with Gasteiger partial charge in [0.1, 0.15) is 11.5 Å². The summed E-state index contributed by atoms with van der Waals surface area (Å²) in [6.45, 7) is 0. The molecule has 38 heavy (non-hydrogen) atoms. The Morgan fingerprint density at radius 3 is 2.03 bits per heavy atom. The molecular formula is C29H19ClF3N3O2. The minimum atomic E-state index is -4.47. The zero-order valence-electron chi connectivity index (χ0n) is 19.6. The van der Waals surface area contributed by atoms with Gasteiger partial charge in [-0.2, -0.15) is 23.0 Å². The number of aromatic nitrogens is 2. The van der Waals surface area contributed by atoms with E-state index in [0.29, 0.717) is 44.7 Å². The van der Waals surface area contributed by atoms with Gasteiger partial charge in [-0.1, -0.05) is 54.1 Å². The number of carbonyl (C=O) groups is 1. The van der Waals surface area contributed by atoms with E-state index >= 15 is 0 Å². The van der Waals surface area contributed by atoms with Crippen LogP contribution in [0.15, 0.2) is 109 Å². The van der Waals surface area contributed by atoms with Gasteiger partial charge in [-0.25, -0.2) is 4.79 Å². The van der Waals surface area contributed by atoms with Crippen molar-refractivity contribution in [3.63, 3.8) is 0 Å². The number of hydrogen-bond donors (Lipinski definition) is 1. The van der Waals surface area contributed by atoms with E-state index in [4.69, 9.17) is 16.3 Å². The van der Waals surface area contributed by atoms with Crippen LogP contribution in [0.3, 0.4) is 0 Å². The van der Waals surface area contributed by atoms with Gasteiger partial charge in [-0.3, -0.25) is 0 Å². The fourth-order valence-electron chi connectivity index (χ4n) is 3.74. The van der Waals surface area contributed by atoms with E-state index in [1.54, 1.807) is 54.6 Å². The maximum absolute atomic E-state index is 13.3. The van der Waals surface area contributed by atoms with Crippen LogP contribution in [0.4, 0.5) is 23.7 Å².